The Hall–Kier alpha value is -3.47. The third-order valence-corrected chi connectivity index (χ3v) is 5.45. The van der Waals surface area contributed by atoms with E-state index in [1.807, 2.05) is 0 Å². The molecule has 0 aliphatic carbocycles. The van der Waals surface area contributed by atoms with E-state index in [0.29, 0.717) is 11.4 Å². The maximum Gasteiger partial charge on any atom is 0.416 e. The first-order valence-electron chi connectivity index (χ1n) is 8.88. The van der Waals surface area contributed by atoms with Crippen LogP contribution in [-0.2, 0) is 16.2 Å². The summed E-state index contributed by atoms with van der Waals surface area (Å²) in [5, 5.41) is 2.50. The number of sulfonamides is 1. The Morgan fingerprint density at radius 1 is 0.903 bits per heavy atom. The number of nitrogens with zero attached hydrogens (tertiary/aromatic N) is 2. The number of carbonyl (C=O) groups is 1. The van der Waals surface area contributed by atoms with Crippen molar-refractivity contribution in [3.63, 3.8) is 0 Å². The Labute approximate surface area is 176 Å². The number of alkyl halides is 3. The minimum atomic E-state index is -4.49. The lowest BCUT2D eigenvalue weighted by Gasteiger charge is -2.10. The number of rotatable bonds is 5. The summed E-state index contributed by atoms with van der Waals surface area (Å²) in [4.78, 5) is 20.2. The molecule has 1 amide bonds. The molecule has 1 aromatic heterocycles. The van der Waals surface area contributed by atoms with E-state index in [1.54, 1.807) is 19.9 Å². The topological polar surface area (TPSA) is 101 Å². The van der Waals surface area contributed by atoms with Crippen molar-refractivity contribution in [3.05, 3.63) is 77.1 Å². The van der Waals surface area contributed by atoms with Gasteiger partial charge >= 0.3 is 6.18 Å². The second-order valence-electron chi connectivity index (χ2n) is 6.63. The van der Waals surface area contributed by atoms with Crippen molar-refractivity contribution >= 4 is 27.6 Å². The summed E-state index contributed by atoms with van der Waals surface area (Å²) >= 11 is 0. The number of aromatic nitrogens is 2. The summed E-state index contributed by atoms with van der Waals surface area (Å²) < 4.78 is 65.2. The highest BCUT2D eigenvalue weighted by molar-refractivity contribution is 7.92. The highest BCUT2D eigenvalue weighted by atomic mass is 32.2. The van der Waals surface area contributed by atoms with Gasteiger partial charge < -0.3 is 5.32 Å². The smallest absolute Gasteiger partial charge is 0.322 e. The van der Waals surface area contributed by atoms with Crippen molar-refractivity contribution in [2.45, 2.75) is 24.9 Å². The van der Waals surface area contributed by atoms with Crippen molar-refractivity contribution in [2.75, 3.05) is 10.0 Å². The van der Waals surface area contributed by atoms with E-state index in [9.17, 15) is 26.4 Å². The highest BCUT2D eigenvalue weighted by Gasteiger charge is 2.30. The quantitative estimate of drug-likeness (QED) is 0.608. The average molecular weight is 450 g/mol. The highest BCUT2D eigenvalue weighted by Crippen LogP contribution is 2.29. The minimum Gasteiger partial charge on any atom is -0.322 e. The van der Waals surface area contributed by atoms with Gasteiger partial charge in [0.25, 0.3) is 15.9 Å². The van der Waals surface area contributed by atoms with Crippen LogP contribution in [0.25, 0.3) is 0 Å². The van der Waals surface area contributed by atoms with Crippen LogP contribution in [0.3, 0.4) is 0 Å². The zero-order chi connectivity index (χ0) is 22.8. The monoisotopic (exact) mass is 450 g/mol. The second kappa shape index (κ2) is 8.34. The van der Waals surface area contributed by atoms with Crippen LogP contribution in [0.4, 0.5) is 24.8 Å². The van der Waals surface area contributed by atoms with Crippen molar-refractivity contribution < 1.29 is 26.4 Å². The van der Waals surface area contributed by atoms with E-state index < -0.39 is 27.7 Å². The Bertz CT molecular complexity index is 1190. The number of nitrogens with one attached hydrogen (secondary N) is 2. The van der Waals surface area contributed by atoms with Gasteiger partial charge in [-0.2, -0.15) is 13.2 Å². The number of halogens is 3. The standard InChI is InChI=1S/C20H17F3N4O3S/c1-12-11-13(2)25-19(24-12)27-31(29,30)17-9-7-16(8-10-17)26-18(28)14-3-5-15(6-4-14)20(21,22)23/h3-11H,1-2H3,(H,26,28)(H,24,25,27). The van der Waals surface area contributed by atoms with Crippen molar-refractivity contribution in [1.82, 2.24) is 9.97 Å². The Morgan fingerprint density at radius 2 is 1.45 bits per heavy atom. The molecule has 3 aromatic rings. The van der Waals surface area contributed by atoms with E-state index in [0.717, 1.165) is 24.3 Å². The van der Waals surface area contributed by atoms with Gasteiger partial charge in [0.2, 0.25) is 5.95 Å². The fourth-order valence-corrected chi connectivity index (χ4v) is 3.63. The Morgan fingerprint density at radius 3 is 1.97 bits per heavy atom. The van der Waals surface area contributed by atoms with Gasteiger partial charge in [0, 0.05) is 22.6 Å². The molecule has 0 aliphatic rings. The van der Waals surface area contributed by atoms with Crippen LogP contribution >= 0.6 is 0 Å². The molecule has 11 heteroatoms. The molecule has 2 aromatic carbocycles. The van der Waals surface area contributed by atoms with Crippen LogP contribution in [0, 0.1) is 13.8 Å². The zero-order valence-electron chi connectivity index (χ0n) is 16.4. The number of anilines is 2. The lowest BCUT2D eigenvalue weighted by Crippen LogP contribution is -2.16. The molecular weight excluding hydrogens is 433 g/mol. The summed E-state index contributed by atoms with van der Waals surface area (Å²) in [6.45, 7) is 3.42. The molecule has 3 rings (SSSR count). The Kier molecular flexibility index (Phi) is 5.98. The molecule has 0 saturated carbocycles. The molecule has 0 bridgehead atoms. The molecule has 0 unspecified atom stereocenters. The van der Waals surface area contributed by atoms with Gasteiger partial charge in [-0.3, -0.25) is 4.79 Å². The largest absolute Gasteiger partial charge is 0.416 e. The molecule has 1 heterocycles. The van der Waals surface area contributed by atoms with E-state index in [2.05, 4.69) is 20.0 Å². The fourth-order valence-electron chi connectivity index (χ4n) is 2.68. The fraction of sp³-hybridized carbons (Fsp3) is 0.150. The lowest BCUT2D eigenvalue weighted by atomic mass is 10.1. The molecule has 162 valence electrons. The molecule has 31 heavy (non-hydrogen) atoms. The predicted octanol–water partition coefficient (Wildman–Crippen LogP) is 4.17. The molecule has 0 fully saturated rings. The van der Waals surface area contributed by atoms with Crippen LogP contribution in [-0.4, -0.2) is 24.3 Å². The molecule has 2 N–H and O–H groups in total. The molecule has 0 saturated heterocycles. The van der Waals surface area contributed by atoms with Crippen molar-refractivity contribution in [1.29, 1.82) is 0 Å². The molecule has 0 atom stereocenters. The number of benzene rings is 2. The van der Waals surface area contributed by atoms with E-state index in [4.69, 9.17) is 0 Å². The van der Waals surface area contributed by atoms with Crippen LogP contribution in [0.15, 0.2) is 59.5 Å². The number of carbonyl (C=O) groups excluding carboxylic acids is 1. The summed E-state index contributed by atoms with van der Waals surface area (Å²) in [7, 11) is -3.96. The first-order valence-corrected chi connectivity index (χ1v) is 10.4. The summed E-state index contributed by atoms with van der Waals surface area (Å²) in [5.41, 5.74) is 0.641. The van der Waals surface area contributed by atoms with Gasteiger partial charge in [0.1, 0.15) is 0 Å². The lowest BCUT2D eigenvalue weighted by molar-refractivity contribution is -0.137. The van der Waals surface area contributed by atoms with Crippen LogP contribution in [0.1, 0.15) is 27.3 Å². The van der Waals surface area contributed by atoms with Crippen molar-refractivity contribution in [2.24, 2.45) is 0 Å². The number of amides is 1. The zero-order valence-corrected chi connectivity index (χ0v) is 17.2. The van der Waals surface area contributed by atoms with Gasteiger partial charge in [0.15, 0.2) is 0 Å². The van der Waals surface area contributed by atoms with Gasteiger partial charge in [-0.15, -0.1) is 0 Å². The van der Waals surface area contributed by atoms with Gasteiger partial charge in [-0.05, 0) is 68.4 Å². The second-order valence-corrected chi connectivity index (χ2v) is 8.32. The molecule has 0 radical (unpaired) electrons. The average Bonchev–Trinajstić information content (AvgIpc) is 2.66. The van der Waals surface area contributed by atoms with Gasteiger partial charge in [-0.1, -0.05) is 0 Å². The number of hydrogen-bond donors (Lipinski definition) is 2. The number of hydrogen-bond acceptors (Lipinski definition) is 5. The number of aryl methyl sites for hydroxylation is 2. The minimum absolute atomic E-state index is 0.0262. The maximum absolute atomic E-state index is 12.6. The maximum atomic E-state index is 12.6. The molecule has 7 nitrogen and oxygen atoms in total. The predicted molar refractivity (Wildman–Crippen MR) is 108 cm³/mol. The first-order chi connectivity index (χ1) is 14.4. The summed E-state index contributed by atoms with van der Waals surface area (Å²) in [6, 6.07) is 10.7. The third-order valence-electron chi connectivity index (χ3n) is 4.10. The van der Waals surface area contributed by atoms with E-state index >= 15 is 0 Å². The summed E-state index contributed by atoms with van der Waals surface area (Å²) in [5.74, 6) is -0.691. The van der Waals surface area contributed by atoms with Crippen LogP contribution in [0.2, 0.25) is 0 Å². The Balaban J connectivity index is 1.71. The van der Waals surface area contributed by atoms with Crippen LogP contribution in [0.5, 0.6) is 0 Å². The van der Waals surface area contributed by atoms with E-state index in [1.165, 1.54) is 24.3 Å². The molecule has 0 aliphatic heterocycles. The summed E-state index contributed by atoms with van der Waals surface area (Å²) in [6.07, 6.45) is -4.49. The van der Waals surface area contributed by atoms with E-state index in [-0.39, 0.29) is 22.1 Å². The SMILES string of the molecule is Cc1cc(C)nc(NS(=O)(=O)c2ccc(NC(=O)c3ccc(C(F)(F)F)cc3)cc2)n1. The molecular formula is C20H17F3N4O3S. The van der Waals surface area contributed by atoms with Gasteiger partial charge in [-0.25, -0.2) is 23.1 Å². The van der Waals surface area contributed by atoms with Crippen molar-refractivity contribution in [3.8, 4) is 0 Å². The van der Waals surface area contributed by atoms with Crippen LogP contribution < -0.4 is 10.0 Å². The first kappa shape index (κ1) is 22.2. The normalized spacial score (nSPS) is 11.8. The van der Waals surface area contributed by atoms with Gasteiger partial charge in [0.05, 0.1) is 10.5 Å². The molecule has 0 spiro atoms. The third kappa shape index (κ3) is 5.57.